The van der Waals surface area contributed by atoms with E-state index in [-0.39, 0.29) is 24.0 Å². The third-order valence-electron chi connectivity index (χ3n) is 5.37. The van der Waals surface area contributed by atoms with Crippen LogP contribution in [-0.4, -0.2) is 60.8 Å². The molecule has 2 unspecified atom stereocenters. The Kier molecular flexibility index (Phi) is 5.37. The second-order valence-corrected chi connectivity index (χ2v) is 7.44. The maximum absolute atomic E-state index is 12.3. The van der Waals surface area contributed by atoms with Crippen molar-refractivity contribution in [2.24, 2.45) is 5.92 Å². The molecule has 2 aliphatic heterocycles. The molecule has 0 spiro atoms. The summed E-state index contributed by atoms with van der Waals surface area (Å²) in [4.78, 5) is 23.0. The zero-order valence-corrected chi connectivity index (χ0v) is 15.9. The Morgan fingerprint density at radius 3 is 3.14 bits per heavy atom. The van der Waals surface area contributed by atoms with Crippen LogP contribution in [0.15, 0.2) is 24.7 Å². The second-order valence-electron chi connectivity index (χ2n) is 7.44. The van der Waals surface area contributed by atoms with Crippen molar-refractivity contribution in [3.63, 3.8) is 0 Å². The molecular formula is C20H24N6O2. The average molecular weight is 380 g/mol. The summed E-state index contributed by atoms with van der Waals surface area (Å²) in [5.41, 5.74) is 2.19. The van der Waals surface area contributed by atoms with E-state index in [4.69, 9.17) is 4.74 Å². The first-order valence-corrected chi connectivity index (χ1v) is 9.67. The van der Waals surface area contributed by atoms with Crippen LogP contribution in [0.1, 0.15) is 18.9 Å². The van der Waals surface area contributed by atoms with Gasteiger partial charge in [0.25, 0.3) is 0 Å². The number of hydrogen-bond acceptors (Lipinski definition) is 7. The average Bonchev–Trinajstić information content (AvgIpc) is 3.26. The van der Waals surface area contributed by atoms with Crippen molar-refractivity contribution in [3.05, 3.63) is 30.2 Å². The van der Waals surface area contributed by atoms with E-state index < -0.39 is 0 Å². The molecular weight excluding hydrogens is 356 g/mol. The highest BCUT2D eigenvalue weighted by molar-refractivity contribution is 5.94. The summed E-state index contributed by atoms with van der Waals surface area (Å²) in [7, 11) is 0. The van der Waals surface area contributed by atoms with Crippen molar-refractivity contribution < 1.29 is 9.53 Å². The van der Waals surface area contributed by atoms with Gasteiger partial charge in [-0.3, -0.25) is 4.79 Å². The minimum absolute atomic E-state index is 0.0270. The van der Waals surface area contributed by atoms with Gasteiger partial charge in [-0.25, -0.2) is 9.97 Å². The number of morpholine rings is 1. The number of carbonyl (C=O) groups is 1. The predicted octanol–water partition coefficient (Wildman–Crippen LogP) is 0.821. The molecule has 0 radical (unpaired) electrons. The van der Waals surface area contributed by atoms with Crippen LogP contribution in [-0.2, 0) is 9.53 Å². The lowest BCUT2D eigenvalue weighted by Crippen LogP contribution is -2.51. The second kappa shape index (κ2) is 8.09. The van der Waals surface area contributed by atoms with Crippen LogP contribution >= 0.6 is 0 Å². The van der Waals surface area contributed by atoms with E-state index in [0.29, 0.717) is 24.2 Å². The minimum atomic E-state index is -0.0996. The normalized spacial score (nSPS) is 24.9. The van der Waals surface area contributed by atoms with Gasteiger partial charge in [0.2, 0.25) is 5.91 Å². The van der Waals surface area contributed by atoms with Gasteiger partial charge in [-0.1, -0.05) is 0 Å². The molecule has 0 aliphatic carbocycles. The predicted molar refractivity (Wildman–Crippen MR) is 105 cm³/mol. The van der Waals surface area contributed by atoms with E-state index in [2.05, 4.69) is 31.6 Å². The Bertz CT molecular complexity index is 905. The number of amides is 1. The Labute approximate surface area is 163 Å². The highest BCUT2D eigenvalue weighted by Gasteiger charge is 2.28. The number of nitriles is 1. The molecule has 0 saturated carbocycles. The largest absolute Gasteiger partial charge is 0.370 e. The summed E-state index contributed by atoms with van der Waals surface area (Å²) in [6.07, 6.45) is 4.03. The molecule has 8 heteroatoms. The molecule has 1 aromatic carbocycles. The molecule has 2 N–H and O–H groups in total. The van der Waals surface area contributed by atoms with E-state index in [9.17, 15) is 10.1 Å². The van der Waals surface area contributed by atoms with Crippen molar-refractivity contribution in [3.8, 4) is 6.07 Å². The summed E-state index contributed by atoms with van der Waals surface area (Å²) < 4.78 is 6.05. The van der Waals surface area contributed by atoms with E-state index >= 15 is 0 Å². The number of fused-ring (bicyclic) bond motifs is 1. The summed E-state index contributed by atoms with van der Waals surface area (Å²) >= 11 is 0. The van der Waals surface area contributed by atoms with Crippen molar-refractivity contribution in [2.45, 2.75) is 25.6 Å². The fraction of sp³-hybridized carbons (Fsp3) is 0.500. The molecule has 2 fully saturated rings. The van der Waals surface area contributed by atoms with Gasteiger partial charge in [0, 0.05) is 43.4 Å². The SMILES string of the molecule is CC1CN(c2ccc(C#N)c3ncncc23)C[C@H](CNC(=O)C2CCNC2)O1. The van der Waals surface area contributed by atoms with Gasteiger partial charge >= 0.3 is 0 Å². The fourth-order valence-corrected chi connectivity index (χ4v) is 4.02. The van der Waals surface area contributed by atoms with Gasteiger partial charge < -0.3 is 20.3 Å². The number of benzene rings is 1. The maximum Gasteiger partial charge on any atom is 0.224 e. The number of nitrogens with zero attached hydrogens (tertiary/aromatic N) is 4. The monoisotopic (exact) mass is 380 g/mol. The van der Waals surface area contributed by atoms with Crippen LogP contribution in [0.4, 0.5) is 5.69 Å². The Morgan fingerprint density at radius 1 is 1.46 bits per heavy atom. The van der Waals surface area contributed by atoms with Gasteiger partial charge in [0.05, 0.1) is 29.2 Å². The van der Waals surface area contributed by atoms with Gasteiger partial charge in [-0.05, 0) is 32.0 Å². The lowest BCUT2D eigenvalue weighted by molar-refractivity contribution is -0.125. The molecule has 28 heavy (non-hydrogen) atoms. The maximum atomic E-state index is 12.3. The molecule has 146 valence electrons. The number of aromatic nitrogens is 2. The number of rotatable bonds is 4. The van der Waals surface area contributed by atoms with E-state index in [0.717, 1.165) is 37.1 Å². The number of hydrogen-bond donors (Lipinski definition) is 2. The van der Waals surface area contributed by atoms with Crippen LogP contribution < -0.4 is 15.5 Å². The Morgan fingerprint density at radius 2 is 2.36 bits per heavy atom. The Hall–Kier alpha value is -2.76. The standard InChI is InChI=1S/C20H24N6O2/c1-13-10-26(11-16(28-13)8-24-20(27)15-4-5-22-7-15)18-3-2-14(6-21)19-17(18)9-23-12-25-19/h2-3,9,12-13,15-16,22H,4-5,7-8,10-11H2,1H3,(H,24,27)/t13?,15?,16-/m0/s1. The lowest BCUT2D eigenvalue weighted by atomic mass is 10.1. The quantitative estimate of drug-likeness (QED) is 0.809. The molecule has 4 rings (SSSR count). The topological polar surface area (TPSA) is 103 Å². The smallest absolute Gasteiger partial charge is 0.224 e. The van der Waals surface area contributed by atoms with Gasteiger partial charge in [0.1, 0.15) is 12.4 Å². The van der Waals surface area contributed by atoms with E-state index in [1.165, 1.54) is 6.33 Å². The first-order valence-electron chi connectivity index (χ1n) is 9.67. The minimum Gasteiger partial charge on any atom is -0.370 e. The summed E-state index contributed by atoms with van der Waals surface area (Å²) in [5, 5.41) is 16.5. The van der Waals surface area contributed by atoms with Gasteiger partial charge in [-0.15, -0.1) is 0 Å². The third kappa shape index (κ3) is 3.77. The molecule has 0 bridgehead atoms. The van der Waals surface area contributed by atoms with Crippen LogP contribution in [0.5, 0.6) is 0 Å². The molecule has 2 aliphatic rings. The molecule has 8 nitrogen and oxygen atoms in total. The zero-order valence-electron chi connectivity index (χ0n) is 15.9. The molecule has 2 aromatic rings. The molecule has 1 aromatic heterocycles. The van der Waals surface area contributed by atoms with Gasteiger partial charge in [-0.2, -0.15) is 5.26 Å². The number of anilines is 1. The fourth-order valence-electron chi connectivity index (χ4n) is 4.02. The van der Waals surface area contributed by atoms with Crippen LogP contribution in [0.25, 0.3) is 10.9 Å². The molecule has 2 saturated heterocycles. The number of ether oxygens (including phenoxy) is 1. The van der Waals surface area contributed by atoms with Crippen molar-refractivity contribution >= 4 is 22.5 Å². The zero-order chi connectivity index (χ0) is 19.5. The van der Waals surface area contributed by atoms with Gasteiger partial charge in [0.15, 0.2) is 0 Å². The number of nitrogens with one attached hydrogen (secondary N) is 2. The van der Waals surface area contributed by atoms with Crippen LogP contribution in [0, 0.1) is 17.2 Å². The number of carbonyl (C=O) groups excluding carboxylic acids is 1. The first kappa shape index (κ1) is 18.6. The molecule has 3 heterocycles. The van der Waals surface area contributed by atoms with Crippen LogP contribution in [0.2, 0.25) is 0 Å². The highest BCUT2D eigenvalue weighted by atomic mass is 16.5. The van der Waals surface area contributed by atoms with Crippen molar-refractivity contribution in [2.75, 3.05) is 37.6 Å². The summed E-state index contributed by atoms with van der Waals surface area (Å²) in [6, 6.07) is 5.94. The van der Waals surface area contributed by atoms with Crippen LogP contribution in [0.3, 0.4) is 0 Å². The summed E-state index contributed by atoms with van der Waals surface area (Å²) in [6.45, 7) is 5.55. The van der Waals surface area contributed by atoms with Crippen molar-refractivity contribution in [1.29, 1.82) is 5.26 Å². The third-order valence-corrected chi connectivity index (χ3v) is 5.37. The molecule has 1 amide bonds. The first-order chi connectivity index (χ1) is 13.7. The lowest BCUT2D eigenvalue weighted by Gasteiger charge is -2.38. The molecule has 3 atom stereocenters. The van der Waals surface area contributed by atoms with E-state index in [1.807, 2.05) is 13.0 Å². The van der Waals surface area contributed by atoms with E-state index in [1.54, 1.807) is 12.3 Å². The summed E-state index contributed by atoms with van der Waals surface area (Å²) in [5.74, 6) is 0.146. The van der Waals surface area contributed by atoms with Crippen molar-refractivity contribution in [1.82, 2.24) is 20.6 Å². The highest BCUT2D eigenvalue weighted by Crippen LogP contribution is 2.29. The Balaban J connectivity index is 1.50.